The quantitative estimate of drug-likeness (QED) is 0.608. The Balaban J connectivity index is 2.02. The van der Waals surface area contributed by atoms with Crippen molar-refractivity contribution in [1.29, 1.82) is 0 Å². The fourth-order valence-electron chi connectivity index (χ4n) is 2.38. The first kappa shape index (κ1) is 18.1. The van der Waals surface area contributed by atoms with Crippen molar-refractivity contribution >= 4 is 39.7 Å². The number of nitrogens with one attached hydrogen (secondary N) is 1. The predicted octanol–water partition coefficient (Wildman–Crippen LogP) is 1.83. The molecule has 0 aliphatic carbocycles. The lowest BCUT2D eigenvalue weighted by atomic mass is 10.1. The summed E-state index contributed by atoms with van der Waals surface area (Å²) >= 11 is 3.33. The van der Waals surface area contributed by atoms with E-state index in [1.165, 1.54) is 0 Å². The Bertz CT molecular complexity index is 687. The third-order valence-corrected chi connectivity index (χ3v) is 4.18. The number of urea groups is 1. The zero-order valence-electron chi connectivity index (χ0n) is 13.6. The Labute approximate surface area is 148 Å². The summed E-state index contributed by atoms with van der Waals surface area (Å²) in [6, 6.07) is 5.91. The van der Waals surface area contributed by atoms with Gasteiger partial charge in [0.1, 0.15) is 6.54 Å². The SMILES string of the molecule is CC(C)N1C(=O)C(=O)N(CC(=O)N[C@@H](C)c2ccc(Br)cc2)C1=O. The molecule has 1 fully saturated rings. The minimum atomic E-state index is -0.972. The monoisotopic (exact) mass is 395 g/mol. The highest BCUT2D eigenvalue weighted by atomic mass is 79.9. The molecule has 5 amide bonds. The van der Waals surface area contributed by atoms with E-state index in [0.717, 1.165) is 14.9 Å². The first-order valence-corrected chi connectivity index (χ1v) is 8.25. The van der Waals surface area contributed by atoms with Crippen molar-refractivity contribution in [2.45, 2.75) is 32.9 Å². The highest BCUT2D eigenvalue weighted by molar-refractivity contribution is 9.10. The van der Waals surface area contributed by atoms with E-state index >= 15 is 0 Å². The van der Waals surface area contributed by atoms with E-state index in [9.17, 15) is 19.2 Å². The molecule has 1 heterocycles. The van der Waals surface area contributed by atoms with Crippen molar-refractivity contribution < 1.29 is 19.2 Å². The molecule has 128 valence electrons. The number of rotatable bonds is 5. The fraction of sp³-hybridized carbons (Fsp3) is 0.375. The molecular weight excluding hydrogens is 378 g/mol. The maximum atomic E-state index is 12.1. The fourth-order valence-corrected chi connectivity index (χ4v) is 2.65. The second-order valence-corrected chi connectivity index (χ2v) is 6.70. The smallest absolute Gasteiger partial charge is 0.334 e. The molecule has 0 saturated carbocycles. The van der Waals surface area contributed by atoms with Gasteiger partial charge in [-0.1, -0.05) is 28.1 Å². The second-order valence-electron chi connectivity index (χ2n) is 5.78. The molecule has 2 rings (SSSR count). The molecule has 1 N–H and O–H groups in total. The molecule has 8 heteroatoms. The number of halogens is 1. The topological polar surface area (TPSA) is 86.8 Å². The van der Waals surface area contributed by atoms with Crippen LogP contribution in [0.5, 0.6) is 0 Å². The van der Waals surface area contributed by atoms with Crippen LogP contribution in [0.15, 0.2) is 28.7 Å². The van der Waals surface area contributed by atoms with Gasteiger partial charge in [0.15, 0.2) is 0 Å². The molecule has 1 aliphatic rings. The molecule has 0 aromatic heterocycles. The molecular formula is C16H18BrN3O4. The van der Waals surface area contributed by atoms with Gasteiger partial charge in [0.2, 0.25) is 5.91 Å². The van der Waals surface area contributed by atoms with E-state index in [-0.39, 0.29) is 6.04 Å². The van der Waals surface area contributed by atoms with Crippen LogP contribution in [0, 0.1) is 0 Å². The molecule has 1 atom stereocenters. The molecule has 0 unspecified atom stereocenters. The number of carbonyl (C=O) groups is 4. The molecule has 1 aromatic rings. The lowest BCUT2D eigenvalue weighted by molar-refractivity contribution is -0.144. The van der Waals surface area contributed by atoms with Crippen LogP contribution in [0.3, 0.4) is 0 Å². The van der Waals surface area contributed by atoms with E-state index in [2.05, 4.69) is 21.2 Å². The number of benzene rings is 1. The molecule has 24 heavy (non-hydrogen) atoms. The van der Waals surface area contributed by atoms with E-state index in [0.29, 0.717) is 4.90 Å². The van der Waals surface area contributed by atoms with Gasteiger partial charge in [-0.15, -0.1) is 0 Å². The number of nitrogens with zero attached hydrogens (tertiary/aromatic N) is 2. The molecule has 0 radical (unpaired) electrons. The van der Waals surface area contributed by atoms with Crippen LogP contribution in [-0.4, -0.2) is 46.1 Å². The largest absolute Gasteiger partial charge is 0.348 e. The van der Waals surface area contributed by atoms with E-state index < -0.39 is 36.3 Å². The van der Waals surface area contributed by atoms with E-state index in [4.69, 9.17) is 0 Å². The van der Waals surface area contributed by atoms with Gasteiger partial charge < -0.3 is 5.32 Å². The summed E-state index contributed by atoms with van der Waals surface area (Å²) in [6.07, 6.45) is 0. The van der Waals surface area contributed by atoms with Crippen LogP contribution >= 0.6 is 15.9 Å². The summed E-state index contributed by atoms with van der Waals surface area (Å²) in [6.45, 7) is 4.57. The summed E-state index contributed by atoms with van der Waals surface area (Å²) in [5.41, 5.74) is 0.880. The number of hydrogen-bond donors (Lipinski definition) is 1. The Hall–Kier alpha value is -2.22. The van der Waals surface area contributed by atoms with Gasteiger partial charge in [0, 0.05) is 10.5 Å². The zero-order chi connectivity index (χ0) is 18.0. The average molecular weight is 396 g/mol. The average Bonchev–Trinajstić information content (AvgIpc) is 2.71. The Morgan fingerprint density at radius 1 is 1.08 bits per heavy atom. The van der Waals surface area contributed by atoms with Gasteiger partial charge in [-0.05, 0) is 38.5 Å². The first-order valence-electron chi connectivity index (χ1n) is 7.46. The molecule has 0 spiro atoms. The Kier molecular flexibility index (Phi) is 5.38. The first-order chi connectivity index (χ1) is 11.2. The minimum Gasteiger partial charge on any atom is -0.348 e. The third-order valence-electron chi connectivity index (χ3n) is 3.65. The van der Waals surface area contributed by atoms with Gasteiger partial charge in [0.25, 0.3) is 0 Å². The maximum absolute atomic E-state index is 12.1. The zero-order valence-corrected chi connectivity index (χ0v) is 15.2. The summed E-state index contributed by atoms with van der Waals surface area (Å²) in [7, 11) is 0. The normalized spacial score (nSPS) is 16.1. The summed E-state index contributed by atoms with van der Waals surface area (Å²) in [5.74, 6) is -2.38. The van der Waals surface area contributed by atoms with E-state index in [1.54, 1.807) is 20.8 Å². The predicted molar refractivity (Wildman–Crippen MR) is 89.8 cm³/mol. The Morgan fingerprint density at radius 2 is 1.67 bits per heavy atom. The van der Waals surface area contributed by atoms with Gasteiger partial charge in [-0.25, -0.2) is 9.69 Å². The molecule has 7 nitrogen and oxygen atoms in total. The van der Waals surface area contributed by atoms with Crippen LogP contribution < -0.4 is 5.32 Å². The van der Waals surface area contributed by atoms with Crippen molar-refractivity contribution in [2.24, 2.45) is 0 Å². The van der Waals surface area contributed by atoms with Crippen molar-refractivity contribution in [3.05, 3.63) is 34.3 Å². The molecule has 1 aromatic carbocycles. The van der Waals surface area contributed by atoms with Crippen molar-refractivity contribution in [1.82, 2.24) is 15.1 Å². The molecule has 1 aliphatic heterocycles. The maximum Gasteiger partial charge on any atom is 0.334 e. The highest BCUT2D eigenvalue weighted by Crippen LogP contribution is 2.17. The number of imide groups is 2. The third kappa shape index (κ3) is 3.64. The van der Waals surface area contributed by atoms with Crippen molar-refractivity contribution in [3.63, 3.8) is 0 Å². The lowest BCUT2D eigenvalue weighted by Crippen LogP contribution is -2.43. The van der Waals surface area contributed by atoms with Gasteiger partial charge >= 0.3 is 17.8 Å². The minimum absolute atomic E-state index is 0.296. The van der Waals surface area contributed by atoms with Gasteiger partial charge in [-0.3, -0.25) is 19.3 Å². The highest BCUT2D eigenvalue weighted by Gasteiger charge is 2.46. The van der Waals surface area contributed by atoms with Gasteiger partial charge in [0.05, 0.1) is 6.04 Å². The van der Waals surface area contributed by atoms with Crippen LogP contribution in [-0.2, 0) is 14.4 Å². The van der Waals surface area contributed by atoms with Crippen molar-refractivity contribution in [3.8, 4) is 0 Å². The van der Waals surface area contributed by atoms with Crippen LogP contribution in [0.25, 0.3) is 0 Å². The standard InChI is InChI=1S/C16H18BrN3O4/c1-9(2)20-15(23)14(22)19(16(20)24)8-13(21)18-10(3)11-4-6-12(17)7-5-11/h4-7,9-10H,8H2,1-3H3,(H,18,21)/t10-/m0/s1. The lowest BCUT2D eigenvalue weighted by Gasteiger charge is -2.19. The second kappa shape index (κ2) is 7.12. The summed E-state index contributed by atoms with van der Waals surface area (Å²) in [4.78, 5) is 49.5. The van der Waals surface area contributed by atoms with Crippen molar-refractivity contribution in [2.75, 3.05) is 6.54 Å². The van der Waals surface area contributed by atoms with Gasteiger partial charge in [-0.2, -0.15) is 0 Å². The Morgan fingerprint density at radius 3 is 2.17 bits per heavy atom. The van der Waals surface area contributed by atoms with E-state index in [1.807, 2.05) is 24.3 Å². The number of carbonyl (C=O) groups excluding carboxylic acids is 4. The van der Waals surface area contributed by atoms with Crippen LogP contribution in [0.4, 0.5) is 4.79 Å². The number of hydrogen-bond acceptors (Lipinski definition) is 4. The summed E-state index contributed by atoms with van der Waals surface area (Å²) in [5, 5.41) is 2.71. The van der Waals surface area contributed by atoms with Crippen LogP contribution in [0.2, 0.25) is 0 Å². The number of amides is 5. The summed E-state index contributed by atoms with van der Waals surface area (Å²) < 4.78 is 0.922. The molecule has 0 bridgehead atoms. The molecule has 1 saturated heterocycles. The van der Waals surface area contributed by atoms with Crippen LogP contribution in [0.1, 0.15) is 32.4 Å².